The Morgan fingerprint density at radius 2 is 2.37 bits per heavy atom. The van der Waals surface area contributed by atoms with Crippen molar-refractivity contribution in [2.75, 3.05) is 19.7 Å². The number of urea groups is 1. The minimum absolute atomic E-state index is 0.0217. The van der Waals surface area contributed by atoms with Crippen LogP contribution >= 0.6 is 0 Å². The van der Waals surface area contributed by atoms with Gasteiger partial charge in [-0.2, -0.15) is 5.10 Å². The molecule has 19 heavy (non-hydrogen) atoms. The van der Waals surface area contributed by atoms with Crippen molar-refractivity contribution in [3.8, 4) is 0 Å². The van der Waals surface area contributed by atoms with Crippen LogP contribution in [0.15, 0.2) is 12.4 Å². The molecule has 0 unspecified atom stereocenters. The quantitative estimate of drug-likeness (QED) is 0.888. The van der Waals surface area contributed by atoms with Gasteiger partial charge >= 0.3 is 6.03 Å². The van der Waals surface area contributed by atoms with Crippen LogP contribution in [0.2, 0.25) is 0 Å². The highest BCUT2D eigenvalue weighted by atomic mass is 16.5. The van der Waals surface area contributed by atoms with Crippen LogP contribution in [-0.4, -0.2) is 52.6 Å². The molecule has 6 nitrogen and oxygen atoms in total. The molecule has 2 heterocycles. The Hall–Kier alpha value is -1.56. The number of ether oxygens (including phenoxy) is 1. The fraction of sp³-hybridized carbons (Fsp3) is 0.692. The second-order valence-corrected chi connectivity index (χ2v) is 5.16. The highest BCUT2D eigenvalue weighted by molar-refractivity contribution is 5.74. The number of nitrogens with zero attached hydrogens (tertiary/aromatic N) is 3. The molecule has 0 aliphatic carbocycles. The standard InChI is InChI=1S/C13H22N4O2/c1-10-6-15-16(7-10)5-4-14-13(18)17-8-12(3)19-9-11(17)2/h6-7,11-12H,4-5,8-9H2,1-3H3,(H,14,18)/t11-,12+/m0/s1. The monoisotopic (exact) mass is 266 g/mol. The van der Waals surface area contributed by atoms with E-state index in [2.05, 4.69) is 10.4 Å². The van der Waals surface area contributed by atoms with Gasteiger partial charge in [-0.15, -0.1) is 0 Å². The van der Waals surface area contributed by atoms with Crippen molar-refractivity contribution in [3.05, 3.63) is 18.0 Å². The summed E-state index contributed by atoms with van der Waals surface area (Å²) in [6.07, 6.45) is 3.88. The van der Waals surface area contributed by atoms with Crippen LogP contribution in [-0.2, 0) is 11.3 Å². The van der Waals surface area contributed by atoms with Crippen molar-refractivity contribution in [1.29, 1.82) is 0 Å². The second-order valence-electron chi connectivity index (χ2n) is 5.16. The van der Waals surface area contributed by atoms with Gasteiger partial charge in [0.15, 0.2) is 0 Å². The lowest BCUT2D eigenvalue weighted by Gasteiger charge is -2.36. The van der Waals surface area contributed by atoms with Gasteiger partial charge in [0, 0.05) is 19.3 Å². The summed E-state index contributed by atoms with van der Waals surface area (Å²) in [5.74, 6) is 0. The molecule has 1 saturated heterocycles. The Morgan fingerprint density at radius 3 is 3.05 bits per heavy atom. The molecule has 1 aliphatic rings. The fourth-order valence-electron chi connectivity index (χ4n) is 2.15. The van der Waals surface area contributed by atoms with Gasteiger partial charge in [0.1, 0.15) is 0 Å². The highest BCUT2D eigenvalue weighted by Crippen LogP contribution is 2.11. The number of carbonyl (C=O) groups excluding carboxylic acids is 1. The Bertz CT molecular complexity index is 432. The Balaban J connectivity index is 1.77. The summed E-state index contributed by atoms with van der Waals surface area (Å²) in [4.78, 5) is 13.9. The van der Waals surface area contributed by atoms with Gasteiger partial charge in [0.2, 0.25) is 0 Å². The Kier molecular flexibility index (Phi) is 4.42. The van der Waals surface area contributed by atoms with Gasteiger partial charge in [0.25, 0.3) is 0 Å². The summed E-state index contributed by atoms with van der Waals surface area (Å²) in [5.41, 5.74) is 1.13. The minimum atomic E-state index is -0.0217. The van der Waals surface area contributed by atoms with E-state index in [0.29, 0.717) is 26.2 Å². The largest absolute Gasteiger partial charge is 0.375 e. The first-order valence-corrected chi connectivity index (χ1v) is 6.71. The first-order chi connectivity index (χ1) is 9.06. The van der Waals surface area contributed by atoms with E-state index < -0.39 is 0 Å². The number of aromatic nitrogens is 2. The number of hydrogen-bond donors (Lipinski definition) is 1. The molecule has 2 rings (SSSR count). The summed E-state index contributed by atoms with van der Waals surface area (Å²) in [7, 11) is 0. The van der Waals surface area contributed by atoms with Crippen molar-refractivity contribution in [2.45, 2.75) is 39.5 Å². The maximum absolute atomic E-state index is 12.1. The molecule has 0 aromatic carbocycles. The maximum atomic E-state index is 12.1. The molecule has 0 bridgehead atoms. The minimum Gasteiger partial charge on any atom is -0.375 e. The van der Waals surface area contributed by atoms with Crippen molar-refractivity contribution < 1.29 is 9.53 Å². The highest BCUT2D eigenvalue weighted by Gasteiger charge is 2.27. The van der Waals surface area contributed by atoms with Crippen LogP contribution in [0.5, 0.6) is 0 Å². The summed E-state index contributed by atoms with van der Waals surface area (Å²) in [5, 5.41) is 7.12. The third-order valence-corrected chi connectivity index (χ3v) is 3.25. The van der Waals surface area contributed by atoms with Gasteiger partial charge in [-0.05, 0) is 26.3 Å². The number of morpholine rings is 1. The first kappa shape index (κ1) is 13.9. The van der Waals surface area contributed by atoms with E-state index >= 15 is 0 Å². The number of amides is 2. The Labute approximate surface area is 113 Å². The SMILES string of the molecule is Cc1cnn(CCNC(=O)N2C[C@@H](C)OC[C@@H]2C)c1. The molecular formula is C13H22N4O2. The third kappa shape index (κ3) is 3.70. The summed E-state index contributed by atoms with van der Waals surface area (Å²) < 4.78 is 7.35. The van der Waals surface area contributed by atoms with E-state index in [-0.39, 0.29) is 18.2 Å². The summed E-state index contributed by atoms with van der Waals surface area (Å²) in [6.45, 7) is 8.51. The average Bonchev–Trinajstić information content (AvgIpc) is 2.78. The van der Waals surface area contributed by atoms with Crippen molar-refractivity contribution in [3.63, 3.8) is 0 Å². The number of hydrogen-bond acceptors (Lipinski definition) is 3. The maximum Gasteiger partial charge on any atom is 0.317 e. The van der Waals surface area contributed by atoms with E-state index in [9.17, 15) is 4.79 Å². The second kappa shape index (κ2) is 6.06. The van der Waals surface area contributed by atoms with Crippen LogP contribution in [0.4, 0.5) is 4.79 Å². The summed E-state index contributed by atoms with van der Waals surface area (Å²) >= 11 is 0. The normalized spacial score (nSPS) is 23.4. The lowest BCUT2D eigenvalue weighted by molar-refractivity contribution is -0.0317. The van der Waals surface area contributed by atoms with Crippen molar-refractivity contribution in [1.82, 2.24) is 20.0 Å². The van der Waals surface area contributed by atoms with E-state index in [1.807, 2.05) is 42.7 Å². The molecule has 0 spiro atoms. The molecule has 2 atom stereocenters. The Morgan fingerprint density at radius 1 is 1.58 bits per heavy atom. The lowest BCUT2D eigenvalue weighted by atomic mass is 10.2. The first-order valence-electron chi connectivity index (χ1n) is 6.71. The van der Waals surface area contributed by atoms with Crippen molar-refractivity contribution in [2.24, 2.45) is 0 Å². The van der Waals surface area contributed by atoms with Crippen LogP contribution in [0, 0.1) is 6.92 Å². The van der Waals surface area contributed by atoms with E-state index in [4.69, 9.17) is 4.74 Å². The zero-order valence-corrected chi connectivity index (χ0v) is 11.8. The van der Waals surface area contributed by atoms with Gasteiger partial charge in [-0.3, -0.25) is 4.68 Å². The van der Waals surface area contributed by atoms with Gasteiger partial charge in [0.05, 0.1) is 31.5 Å². The smallest absolute Gasteiger partial charge is 0.317 e. The van der Waals surface area contributed by atoms with E-state index in [1.54, 1.807) is 0 Å². The molecule has 1 fully saturated rings. The lowest BCUT2D eigenvalue weighted by Crippen LogP contribution is -2.53. The molecule has 1 N–H and O–H groups in total. The van der Waals surface area contributed by atoms with Gasteiger partial charge < -0.3 is 15.0 Å². The third-order valence-electron chi connectivity index (χ3n) is 3.25. The number of aryl methyl sites for hydroxylation is 1. The van der Waals surface area contributed by atoms with Crippen molar-refractivity contribution >= 4 is 6.03 Å². The molecule has 0 saturated carbocycles. The van der Waals surface area contributed by atoms with Crippen LogP contribution in [0.25, 0.3) is 0 Å². The molecule has 2 amide bonds. The topological polar surface area (TPSA) is 59.4 Å². The zero-order valence-electron chi connectivity index (χ0n) is 11.8. The average molecular weight is 266 g/mol. The van der Waals surface area contributed by atoms with Crippen LogP contribution < -0.4 is 5.32 Å². The number of rotatable bonds is 3. The molecule has 106 valence electrons. The fourth-order valence-corrected chi connectivity index (χ4v) is 2.15. The number of carbonyl (C=O) groups is 1. The van der Waals surface area contributed by atoms with Crippen LogP contribution in [0.3, 0.4) is 0 Å². The van der Waals surface area contributed by atoms with E-state index in [0.717, 1.165) is 5.56 Å². The molecule has 1 aromatic rings. The molecule has 1 aromatic heterocycles. The summed E-state index contributed by atoms with van der Waals surface area (Å²) in [6, 6.07) is 0.106. The predicted octanol–water partition coefficient (Wildman–Crippen LogP) is 1.01. The number of nitrogens with one attached hydrogen (secondary N) is 1. The zero-order chi connectivity index (χ0) is 13.8. The van der Waals surface area contributed by atoms with Gasteiger partial charge in [-0.1, -0.05) is 0 Å². The van der Waals surface area contributed by atoms with Crippen LogP contribution in [0.1, 0.15) is 19.4 Å². The van der Waals surface area contributed by atoms with E-state index in [1.165, 1.54) is 0 Å². The molecular weight excluding hydrogens is 244 g/mol. The predicted molar refractivity (Wildman–Crippen MR) is 71.9 cm³/mol. The molecule has 0 radical (unpaired) electrons. The molecule has 1 aliphatic heterocycles. The molecule has 6 heteroatoms. The van der Waals surface area contributed by atoms with Gasteiger partial charge in [-0.25, -0.2) is 4.79 Å².